The SMILES string of the molecule is CCCNc1ncnc(Oc2ccc(F)cc2F)c1Br. The summed E-state index contributed by atoms with van der Waals surface area (Å²) in [5.74, 6) is -0.851. The number of hydrogen-bond acceptors (Lipinski definition) is 4. The van der Waals surface area contributed by atoms with Crippen LogP contribution in [0.25, 0.3) is 0 Å². The van der Waals surface area contributed by atoms with Crippen LogP contribution in [0.4, 0.5) is 14.6 Å². The summed E-state index contributed by atoms with van der Waals surface area (Å²) in [6, 6.07) is 3.07. The van der Waals surface area contributed by atoms with Gasteiger partial charge in [0.2, 0.25) is 5.88 Å². The van der Waals surface area contributed by atoms with Gasteiger partial charge >= 0.3 is 0 Å². The zero-order chi connectivity index (χ0) is 14.5. The molecule has 1 N–H and O–H groups in total. The molecular formula is C13H12BrF2N3O. The van der Waals surface area contributed by atoms with Gasteiger partial charge in [0.1, 0.15) is 22.4 Å². The first-order chi connectivity index (χ1) is 9.61. The largest absolute Gasteiger partial charge is 0.435 e. The average Bonchev–Trinajstić information content (AvgIpc) is 2.42. The van der Waals surface area contributed by atoms with Gasteiger partial charge < -0.3 is 10.1 Å². The second kappa shape index (κ2) is 6.60. The standard InChI is InChI=1S/C13H12BrF2N3O/c1-2-5-17-12-11(14)13(19-7-18-12)20-10-4-3-8(15)6-9(10)16/h3-4,6-7H,2,5H2,1H3,(H,17,18,19). The van der Waals surface area contributed by atoms with Gasteiger partial charge in [-0.05, 0) is 34.5 Å². The molecule has 1 heterocycles. The Morgan fingerprint density at radius 3 is 2.80 bits per heavy atom. The maximum atomic E-state index is 13.5. The van der Waals surface area contributed by atoms with Crippen LogP contribution in [0, 0.1) is 11.6 Å². The number of ether oxygens (including phenoxy) is 1. The minimum absolute atomic E-state index is 0.104. The summed E-state index contributed by atoms with van der Waals surface area (Å²) in [7, 11) is 0. The van der Waals surface area contributed by atoms with E-state index in [0.717, 1.165) is 25.1 Å². The Morgan fingerprint density at radius 2 is 2.10 bits per heavy atom. The number of halogens is 3. The van der Waals surface area contributed by atoms with Crippen LogP contribution in [0.15, 0.2) is 29.0 Å². The molecule has 0 saturated carbocycles. The molecule has 4 nitrogen and oxygen atoms in total. The number of nitrogens with zero attached hydrogens (tertiary/aromatic N) is 2. The molecule has 0 radical (unpaired) electrons. The first-order valence-corrected chi connectivity index (χ1v) is 6.78. The van der Waals surface area contributed by atoms with E-state index >= 15 is 0 Å². The van der Waals surface area contributed by atoms with Crippen LogP contribution in [-0.2, 0) is 0 Å². The summed E-state index contributed by atoms with van der Waals surface area (Å²) in [5.41, 5.74) is 0. The quantitative estimate of drug-likeness (QED) is 0.886. The summed E-state index contributed by atoms with van der Waals surface area (Å²) >= 11 is 3.30. The van der Waals surface area contributed by atoms with Crippen LogP contribution in [0.5, 0.6) is 11.6 Å². The fourth-order valence-corrected chi connectivity index (χ4v) is 1.88. The zero-order valence-electron chi connectivity index (χ0n) is 10.7. The number of anilines is 1. The topological polar surface area (TPSA) is 47.0 Å². The van der Waals surface area contributed by atoms with Crippen LogP contribution in [-0.4, -0.2) is 16.5 Å². The van der Waals surface area contributed by atoms with E-state index in [1.807, 2.05) is 6.92 Å². The van der Waals surface area contributed by atoms with Crippen LogP contribution in [0.2, 0.25) is 0 Å². The van der Waals surface area contributed by atoms with Gasteiger partial charge in [-0.25, -0.2) is 18.7 Å². The Hall–Kier alpha value is -1.76. The van der Waals surface area contributed by atoms with Crippen molar-refractivity contribution >= 4 is 21.7 Å². The van der Waals surface area contributed by atoms with Crippen molar-refractivity contribution in [3.8, 4) is 11.6 Å². The molecule has 0 unspecified atom stereocenters. The number of aromatic nitrogens is 2. The van der Waals surface area contributed by atoms with Gasteiger partial charge in [-0.2, -0.15) is 0 Å². The molecule has 0 bridgehead atoms. The molecule has 0 aliphatic carbocycles. The van der Waals surface area contributed by atoms with Crippen molar-refractivity contribution in [3.05, 3.63) is 40.6 Å². The molecule has 0 amide bonds. The average molecular weight is 344 g/mol. The van der Waals surface area contributed by atoms with Crippen LogP contribution in [0.1, 0.15) is 13.3 Å². The Balaban J connectivity index is 2.24. The number of hydrogen-bond donors (Lipinski definition) is 1. The van der Waals surface area contributed by atoms with Gasteiger partial charge in [0.05, 0.1) is 0 Å². The van der Waals surface area contributed by atoms with E-state index < -0.39 is 11.6 Å². The molecule has 2 aromatic rings. The van der Waals surface area contributed by atoms with Gasteiger partial charge in [0.25, 0.3) is 0 Å². The Labute approximate surface area is 123 Å². The molecule has 2 rings (SSSR count). The third kappa shape index (κ3) is 3.41. The van der Waals surface area contributed by atoms with Crippen LogP contribution < -0.4 is 10.1 Å². The van der Waals surface area contributed by atoms with E-state index in [1.165, 1.54) is 12.4 Å². The second-order valence-corrected chi connectivity index (χ2v) is 4.74. The molecule has 0 spiro atoms. The van der Waals surface area contributed by atoms with E-state index in [0.29, 0.717) is 10.3 Å². The lowest BCUT2D eigenvalue weighted by atomic mass is 10.3. The molecule has 0 aliphatic heterocycles. The lowest BCUT2D eigenvalue weighted by Crippen LogP contribution is -2.04. The van der Waals surface area contributed by atoms with E-state index in [9.17, 15) is 8.78 Å². The van der Waals surface area contributed by atoms with Gasteiger partial charge in [-0.1, -0.05) is 6.92 Å². The number of nitrogens with one attached hydrogen (secondary N) is 1. The van der Waals surface area contributed by atoms with Crippen molar-refractivity contribution in [3.63, 3.8) is 0 Å². The molecule has 7 heteroatoms. The number of benzene rings is 1. The van der Waals surface area contributed by atoms with E-state index in [2.05, 4.69) is 31.2 Å². The predicted octanol–water partition coefficient (Wildman–Crippen LogP) is 4.13. The minimum Gasteiger partial charge on any atom is -0.435 e. The van der Waals surface area contributed by atoms with Gasteiger partial charge in [0, 0.05) is 12.6 Å². The monoisotopic (exact) mass is 343 g/mol. The first-order valence-electron chi connectivity index (χ1n) is 5.99. The number of rotatable bonds is 5. The fraction of sp³-hybridized carbons (Fsp3) is 0.231. The molecule has 0 fully saturated rings. The molecule has 1 aromatic heterocycles. The summed E-state index contributed by atoms with van der Waals surface area (Å²) in [4.78, 5) is 7.98. The predicted molar refractivity (Wildman–Crippen MR) is 74.9 cm³/mol. The molecule has 0 atom stereocenters. The van der Waals surface area contributed by atoms with E-state index in [-0.39, 0.29) is 11.6 Å². The summed E-state index contributed by atoms with van der Waals surface area (Å²) in [6.45, 7) is 2.76. The molecule has 1 aromatic carbocycles. The third-order valence-electron chi connectivity index (χ3n) is 2.40. The molecule has 0 aliphatic rings. The van der Waals surface area contributed by atoms with E-state index in [1.54, 1.807) is 0 Å². The lowest BCUT2D eigenvalue weighted by Gasteiger charge is -2.10. The highest BCUT2D eigenvalue weighted by molar-refractivity contribution is 9.10. The summed E-state index contributed by atoms with van der Waals surface area (Å²) in [5, 5.41) is 3.08. The van der Waals surface area contributed by atoms with Gasteiger partial charge in [-0.3, -0.25) is 0 Å². The highest BCUT2D eigenvalue weighted by Crippen LogP contribution is 2.32. The van der Waals surface area contributed by atoms with Crippen molar-refractivity contribution < 1.29 is 13.5 Å². The zero-order valence-corrected chi connectivity index (χ0v) is 12.2. The van der Waals surface area contributed by atoms with Crippen molar-refractivity contribution in [2.45, 2.75) is 13.3 Å². The van der Waals surface area contributed by atoms with Crippen molar-refractivity contribution in [2.24, 2.45) is 0 Å². The van der Waals surface area contributed by atoms with Crippen LogP contribution >= 0.6 is 15.9 Å². The van der Waals surface area contributed by atoms with Gasteiger partial charge in [-0.15, -0.1) is 0 Å². The first kappa shape index (κ1) is 14.6. The molecule has 106 valence electrons. The smallest absolute Gasteiger partial charge is 0.239 e. The van der Waals surface area contributed by atoms with Crippen molar-refractivity contribution in [2.75, 3.05) is 11.9 Å². The highest BCUT2D eigenvalue weighted by Gasteiger charge is 2.13. The Bertz CT molecular complexity index is 610. The maximum Gasteiger partial charge on any atom is 0.239 e. The third-order valence-corrected chi connectivity index (χ3v) is 3.12. The molecule has 0 saturated heterocycles. The lowest BCUT2D eigenvalue weighted by molar-refractivity contribution is 0.420. The van der Waals surface area contributed by atoms with Crippen molar-refractivity contribution in [1.29, 1.82) is 0 Å². The highest BCUT2D eigenvalue weighted by atomic mass is 79.9. The Morgan fingerprint density at radius 1 is 1.30 bits per heavy atom. The molecule has 20 heavy (non-hydrogen) atoms. The van der Waals surface area contributed by atoms with Crippen molar-refractivity contribution in [1.82, 2.24) is 9.97 Å². The summed E-state index contributed by atoms with van der Waals surface area (Å²) < 4.78 is 32.2. The normalized spacial score (nSPS) is 10.4. The maximum absolute atomic E-state index is 13.5. The van der Waals surface area contributed by atoms with Crippen LogP contribution in [0.3, 0.4) is 0 Å². The minimum atomic E-state index is -0.793. The fourth-order valence-electron chi connectivity index (χ4n) is 1.45. The summed E-state index contributed by atoms with van der Waals surface area (Å²) in [6.07, 6.45) is 2.23. The van der Waals surface area contributed by atoms with Gasteiger partial charge in [0.15, 0.2) is 11.6 Å². The van der Waals surface area contributed by atoms with E-state index in [4.69, 9.17) is 4.74 Å². The Kier molecular flexibility index (Phi) is 4.84. The second-order valence-electron chi connectivity index (χ2n) is 3.94. The molecular weight excluding hydrogens is 332 g/mol.